The van der Waals surface area contributed by atoms with E-state index in [-0.39, 0.29) is 12.3 Å². The first-order valence-electron chi connectivity index (χ1n) is 6.03. The van der Waals surface area contributed by atoms with Gasteiger partial charge in [0.05, 0.1) is 5.52 Å². The Balaban J connectivity index is 2.03. The number of amides is 1. The molecule has 2 unspecified atom stereocenters. The smallest absolute Gasteiger partial charge is 0.326 e. The van der Waals surface area contributed by atoms with Gasteiger partial charge in [-0.25, -0.2) is 4.79 Å². The van der Waals surface area contributed by atoms with Gasteiger partial charge < -0.3 is 10.4 Å². The molecule has 0 bridgehead atoms. The Kier molecular flexibility index (Phi) is 2.67. The molecule has 2 N–H and O–H groups in total. The van der Waals surface area contributed by atoms with Crippen LogP contribution in [0.15, 0.2) is 36.4 Å². The second-order valence-corrected chi connectivity index (χ2v) is 4.62. The minimum atomic E-state index is -1.02. The van der Waals surface area contributed by atoms with E-state index in [0.717, 1.165) is 10.9 Å². The molecule has 19 heavy (non-hydrogen) atoms. The van der Waals surface area contributed by atoms with E-state index >= 15 is 0 Å². The van der Waals surface area contributed by atoms with E-state index in [1.54, 1.807) is 6.07 Å². The lowest BCUT2D eigenvalue weighted by Gasteiger charge is -2.14. The van der Waals surface area contributed by atoms with Crippen molar-refractivity contribution in [2.45, 2.75) is 18.4 Å². The maximum absolute atomic E-state index is 11.4. The van der Waals surface area contributed by atoms with Crippen LogP contribution in [0.5, 0.6) is 0 Å². The molecule has 0 radical (unpaired) electrons. The highest BCUT2D eigenvalue weighted by Gasteiger charge is 2.39. The van der Waals surface area contributed by atoms with Crippen LogP contribution in [0.4, 0.5) is 0 Å². The normalized spacial score (nSPS) is 22.4. The van der Waals surface area contributed by atoms with Crippen LogP contribution < -0.4 is 5.32 Å². The Labute approximate surface area is 109 Å². The van der Waals surface area contributed by atoms with Gasteiger partial charge in [0.15, 0.2) is 0 Å². The number of aromatic nitrogens is 1. The molecule has 96 valence electrons. The first-order valence-corrected chi connectivity index (χ1v) is 6.03. The summed E-state index contributed by atoms with van der Waals surface area (Å²) in [5.74, 6) is -1.67. The minimum absolute atomic E-state index is 0.169. The van der Waals surface area contributed by atoms with Gasteiger partial charge in [0, 0.05) is 23.4 Å². The quantitative estimate of drug-likeness (QED) is 0.848. The average Bonchev–Trinajstić information content (AvgIpc) is 2.80. The molecule has 1 aliphatic rings. The summed E-state index contributed by atoms with van der Waals surface area (Å²) in [7, 11) is 0. The highest BCUT2D eigenvalue weighted by molar-refractivity contribution is 5.89. The molecule has 1 amide bonds. The third-order valence-electron chi connectivity index (χ3n) is 3.39. The van der Waals surface area contributed by atoms with Crippen LogP contribution in [0, 0.1) is 0 Å². The van der Waals surface area contributed by atoms with E-state index < -0.39 is 17.9 Å². The van der Waals surface area contributed by atoms with Gasteiger partial charge in [-0.05, 0) is 12.1 Å². The largest absolute Gasteiger partial charge is 0.480 e. The van der Waals surface area contributed by atoms with Crippen LogP contribution in [0.25, 0.3) is 10.9 Å². The molecular formula is C14H12N2O3. The molecule has 0 spiro atoms. The molecule has 1 aromatic carbocycles. The second-order valence-electron chi connectivity index (χ2n) is 4.62. The van der Waals surface area contributed by atoms with Crippen molar-refractivity contribution in [2.24, 2.45) is 0 Å². The number of carbonyl (C=O) groups excluding carboxylic acids is 1. The Morgan fingerprint density at radius 1 is 1.26 bits per heavy atom. The number of hydrogen-bond acceptors (Lipinski definition) is 3. The van der Waals surface area contributed by atoms with Gasteiger partial charge in [0.1, 0.15) is 6.04 Å². The molecule has 2 atom stereocenters. The van der Waals surface area contributed by atoms with Crippen molar-refractivity contribution in [2.75, 3.05) is 0 Å². The first-order chi connectivity index (χ1) is 9.15. The van der Waals surface area contributed by atoms with E-state index in [9.17, 15) is 9.59 Å². The van der Waals surface area contributed by atoms with Gasteiger partial charge in [0.25, 0.3) is 0 Å². The molecule has 0 aliphatic carbocycles. The molecule has 5 heteroatoms. The van der Waals surface area contributed by atoms with Crippen LogP contribution in [-0.2, 0) is 9.59 Å². The van der Waals surface area contributed by atoms with E-state index in [0.29, 0.717) is 5.69 Å². The summed E-state index contributed by atoms with van der Waals surface area (Å²) in [6.45, 7) is 0. The molecule has 2 heterocycles. The van der Waals surface area contributed by atoms with Gasteiger partial charge >= 0.3 is 5.97 Å². The lowest BCUT2D eigenvalue weighted by Crippen LogP contribution is -2.36. The van der Waals surface area contributed by atoms with Crippen molar-refractivity contribution < 1.29 is 14.7 Å². The van der Waals surface area contributed by atoms with Crippen LogP contribution >= 0.6 is 0 Å². The molecular weight excluding hydrogens is 244 g/mol. The van der Waals surface area contributed by atoms with E-state index in [4.69, 9.17) is 5.11 Å². The zero-order valence-corrected chi connectivity index (χ0v) is 10.0. The topological polar surface area (TPSA) is 79.3 Å². The van der Waals surface area contributed by atoms with Crippen molar-refractivity contribution in [3.63, 3.8) is 0 Å². The highest BCUT2D eigenvalue weighted by Crippen LogP contribution is 2.28. The summed E-state index contributed by atoms with van der Waals surface area (Å²) in [5, 5.41) is 12.6. The molecule has 5 nitrogen and oxygen atoms in total. The molecule has 3 rings (SSSR count). The van der Waals surface area contributed by atoms with Crippen LogP contribution in [-0.4, -0.2) is 28.0 Å². The molecule has 1 aromatic heterocycles. The lowest BCUT2D eigenvalue weighted by molar-refractivity contribution is -0.140. The summed E-state index contributed by atoms with van der Waals surface area (Å²) in [6, 6.07) is 10.4. The number of rotatable bonds is 2. The number of nitrogens with one attached hydrogen (secondary N) is 1. The summed E-state index contributed by atoms with van der Waals surface area (Å²) in [6.07, 6.45) is 0.169. The number of hydrogen-bond donors (Lipinski definition) is 2. The number of pyridine rings is 1. The third-order valence-corrected chi connectivity index (χ3v) is 3.39. The Hall–Kier alpha value is -2.43. The predicted octanol–water partition coefficient (Wildman–Crippen LogP) is 1.29. The number of carbonyl (C=O) groups is 2. The minimum Gasteiger partial charge on any atom is -0.480 e. The van der Waals surface area contributed by atoms with E-state index in [1.165, 1.54) is 0 Å². The molecule has 1 fully saturated rings. The number of carboxylic acids is 1. The maximum atomic E-state index is 11.4. The number of para-hydroxylation sites is 1. The van der Waals surface area contributed by atoms with Gasteiger partial charge in [-0.3, -0.25) is 9.78 Å². The maximum Gasteiger partial charge on any atom is 0.326 e. The van der Waals surface area contributed by atoms with Crippen LogP contribution in [0.1, 0.15) is 18.0 Å². The fraction of sp³-hybridized carbons (Fsp3) is 0.214. The number of nitrogens with zero attached hydrogens (tertiary/aromatic N) is 1. The van der Waals surface area contributed by atoms with Crippen LogP contribution in [0.2, 0.25) is 0 Å². The van der Waals surface area contributed by atoms with Gasteiger partial charge in [-0.2, -0.15) is 0 Å². The van der Waals surface area contributed by atoms with Gasteiger partial charge in [-0.15, -0.1) is 0 Å². The van der Waals surface area contributed by atoms with Crippen molar-refractivity contribution >= 4 is 22.8 Å². The standard InChI is InChI=1S/C14H12N2O3/c17-12-7-9(13(16-12)14(18)19)11-6-5-8-3-1-2-4-10(8)15-11/h1-6,9,13H,7H2,(H,16,17)(H,18,19). The fourth-order valence-electron chi connectivity index (χ4n) is 2.45. The molecule has 2 aromatic rings. The molecule has 0 saturated carbocycles. The Morgan fingerprint density at radius 2 is 2.05 bits per heavy atom. The van der Waals surface area contributed by atoms with Crippen molar-refractivity contribution in [1.82, 2.24) is 10.3 Å². The highest BCUT2D eigenvalue weighted by atomic mass is 16.4. The zero-order chi connectivity index (χ0) is 13.4. The van der Waals surface area contributed by atoms with Crippen molar-refractivity contribution in [1.29, 1.82) is 0 Å². The Bertz CT molecular complexity index is 669. The summed E-state index contributed by atoms with van der Waals surface area (Å²) >= 11 is 0. The number of fused-ring (bicyclic) bond motifs is 1. The monoisotopic (exact) mass is 256 g/mol. The molecule has 1 saturated heterocycles. The average molecular weight is 256 g/mol. The lowest BCUT2D eigenvalue weighted by atomic mass is 9.95. The molecule has 1 aliphatic heterocycles. The fourth-order valence-corrected chi connectivity index (χ4v) is 2.45. The van der Waals surface area contributed by atoms with Crippen molar-refractivity contribution in [3.8, 4) is 0 Å². The summed E-state index contributed by atoms with van der Waals surface area (Å²) in [4.78, 5) is 27.0. The first kappa shape index (κ1) is 11.6. The van der Waals surface area contributed by atoms with E-state index in [2.05, 4.69) is 10.3 Å². The Morgan fingerprint density at radius 3 is 2.84 bits per heavy atom. The number of benzene rings is 1. The van der Waals surface area contributed by atoms with Crippen molar-refractivity contribution in [3.05, 3.63) is 42.1 Å². The third kappa shape index (κ3) is 2.03. The SMILES string of the molecule is O=C1CC(c2ccc3ccccc3n2)C(C(=O)O)N1. The van der Waals surface area contributed by atoms with Gasteiger partial charge in [-0.1, -0.05) is 24.3 Å². The summed E-state index contributed by atoms with van der Waals surface area (Å²) < 4.78 is 0. The second kappa shape index (κ2) is 4.35. The zero-order valence-electron chi connectivity index (χ0n) is 10.0. The van der Waals surface area contributed by atoms with Crippen LogP contribution in [0.3, 0.4) is 0 Å². The van der Waals surface area contributed by atoms with Gasteiger partial charge in [0.2, 0.25) is 5.91 Å². The van der Waals surface area contributed by atoms with E-state index in [1.807, 2.05) is 30.3 Å². The number of aliphatic carboxylic acids is 1. The predicted molar refractivity (Wildman–Crippen MR) is 68.7 cm³/mol. The number of carboxylic acid groups (broad SMARTS) is 1. The summed E-state index contributed by atoms with van der Waals surface area (Å²) in [5.41, 5.74) is 1.45.